The van der Waals surface area contributed by atoms with Crippen molar-refractivity contribution in [2.45, 2.75) is 25.4 Å². The van der Waals surface area contributed by atoms with Crippen LogP contribution in [0.5, 0.6) is 0 Å². The molecule has 1 aliphatic heterocycles. The zero-order valence-corrected chi connectivity index (χ0v) is 12.5. The zero-order chi connectivity index (χ0) is 15.6. The molecule has 4 rings (SSSR count). The molecule has 1 aromatic carbocycles. The fourth-order valence-electron chi connectivity index (χ4n) is 3.07. The van der Waals surface area contributed by atoms with Crippen molar-refractivity contribution in [1.82, 2.24) is 15.1 Å². The summed E-state index contributed by atoms with van der Waals surface area (Å²) in [6.07, 6.45) is 3.72. The molecule has 0 radical (unpaired) electrons. The van der Waals surface area contributed by atoms with Crippen LogP contribution in [-0.4, -0.2) is 21.6 Å². The standard InChI is InChI=1S/C17H16FN3O2/c18-13-7-5-12(6-8-13)14-3-1-9-21(14)11-16-19-20-17(23-16)15-4-2-10-22-15/h2,4-8,10,14H,1,3,9,11H2/t14-/m1/s1. The fourth-order valence-corrected chi connectivity index (χ4v) is 3.07. The fraction of sp³-hybridized carbons (Fsp3) is 0.294. The Morgan fingerprint density at radius 1 is 1.17 bits per heavy atom. The van der Waals surface area contributed by atoms with Gasteiger partial charge in [-0.25, -0.2) is 4.39 Å². The van der Waals surface area contributed by atoms with E-state index in [9.17, 15) is 4.39 Å². The SMILES string of the molecule is Fc1ccc([C@H]2CCCN2Cc2nnc(-c3ccco3)o2)cc1. The first-order valence-electron chi connectivity index (χ1n) is 7.65. The molecule has 1 aliphatic rings. The molecule has 1 fully saturated rings. The third kappa shape index (κ3) is 2.90. The summed E-state index contributed by atoms with van der Waals surface area (Å²) in [6, 6.07) is 10.5. The second kappa shape index (κ2) is 5.96. The predicted molar refractivity (Wildman–Crippen MR) is 80.8 cm³/mol. The first-order chi connectivity index (χ1) is 11.3. The van der Waals surface area contributed by atoms with Crippen molar-refractivity contribution in [3.8, 4) is 11.7 Å². The van der Waals surface area contributed by atoms with Gasteiger partial charge >= 0.3 is 0 Å². The highest BCUT2D eigenvalue weighted by Crippen LogP contribution is 2.33. The van der Waals surface area contributed by atoms with E-state index in [1.165, 1.54) is 12.1 Å². The highest BCUT2D eigenvalue weighted by molar-refractivity contribution is 5.42. The van der Waals surface area contributed by atoms with E-state index in [1.807, 2.05) is 12.1 Å². The number of hydrogen-bond donors (Lipinski definition) is 0. The number of aromatic nitrogens is 2. The molecule has 1 saturated heterocycles. The van der Waals surface area contributed by atoms with E-state index < -0.39 is 0 Å². The molecule has 3 aromatic rings. The minimum absolute atomic E-state index is 0.210. The predicted octanol–water partition coefficient (Wildman–Crippen LogP) is 3.81. The molecule has 118 valence electrons. The van der Waals surface area contributed by atoms with Gasteiger partial charge in [0.2, 0.25) is 5.89 Å². The van der Waals surface area contributed by atoms with Crippen LogP contribution < -0.4 is 0 Å². The van der Waals surface area contributed by atoms with E-state index in [2.05, 4.69) is 15.1 Å². The quantitative estimate of drug-likeness (QED) is 0.733. The monoisotopic (exact) mass is 313 g/mol. The first-order valence-corrected chi connectivity index (χ1v) is 7.65. The Kier molecular flexibility index (Phi) is 3.67. The number of nitrogens with zero attached hydrogens (tertiary/aromatic N) is 3. The minimum atomic E-state index is -0.210. The van der Waals surface area contributed by atoms with E-state index in [-0.39, 0.29) is 11.9 Å². The van der Waals surface area contributed by atoms with Crippen molar-refractivity contribution in [1.29, 1.82) is 0 Å². The average Bonchev–Trinajstić information content (AvgIpc) is 3.29. The molecular formula is C17H16FN3O2. The molecule has 0 amide bonds. The summed E-state index contributed by atoms with van der Waals surface area (Å²) in [7, 11) is 0. The largest absolute Gasteiger partial charge is 0.459 e. The van der Waals surface area contributed by atoms with Gasteiger partial charge in [-0.15, -0.1) is 10.2 Å². The molecule has 1 atom stereocenters. The van der Waals surface area contributed by atoms with E-state index in [0.717, 1.165) is 24.9 Å². The number of likely N-dealkylation sites (tertiary alicyclic amines) is 1. The minimum Gasteiger partial charge on any atom is -0.459 e. The third-order valence-corrected chi connectivity index (χ3v) is 4.16. The maximum Gasteiger partial charge on any atom is 0.283 e. The molecule has 2 aromatic heterocycles. The summed E-state index contributed by atoms with van der Waals surface area (Å²) in [5, 5.41) is 8.12. The van der Waals surface area contributed by atoms with Crippen molar-refractivity contribution in [2.24, 2.45) is 0 Å². The van der Waals surface area contributed by atoms with Crippen LogP contribution in [0.3, 0.4) is 0 Å². The summed E-state index contributed by atoms with van der Waals surface area (Å²) in [5.41, 5.74) is 1.12. The Labute approximate surface area is 132 Å². The zero-order valence-electron chi connectivity index (χ0n) is 12.5. The van der Waals surface area contributed by atoms with E-state index >= 15 is 0 Å². The van der Waals surface area contributed by atoms with Gasteiger partial charge < -0.3 is 8.83 Å². The van der Waals surface area contributed by atoms with Crippen LogP contribution in [-0.2, 0) is 6.54 Å². The molecule has 6 heteroatoms. The van der Waals surface area contributed by atoms with Crippen LogP contribution in [0.15, 0.2) is 51.5 Å². The highest BCUT2D eigenvalue weighted by Gasteiger charge is 2.27. The molecule has 0 N–H and O–H groups in total. The van der Waals surface area contributed by atoms with Crippen molar-refractivity contribution in [2.75, 3.05) is 6.54 Å². The second-order valence-corrected chi connectivity index (χ2v) is 5.66. The Morgan fingerprint density at radius 3 is 2.83 bits per heavy atom. The number of benzene rings is 1. The Morgan fingerprint density at radius 2 is 2.04 bits per heavy atom. The van der Waals surface area contributed by atoms with Gasteiger partial charge in [-0.1, -0.05) is 12.1 Å². The molecule has 0 saturated carbocycles. The van der Waals surface area contributed by atoms with Crippen LogP contribution in [0.2, 0.25) is 0 Å². The summed E-state index contributed by atoms with van der Waals surface area (Å²) in [4.78, 5) is 2.28. The molecule has 0 bridgehead atoms. The van der Waals surface area contributed by atoms with Gasteiger partial charge in [-0.3, -0.25) is 4.90 Å². The molecule has 0 unspecified atom stereocenters. The van der Waals surface area contributed by atoms with Crippen LogP contribution in [0.4, 0.5) is 4.39 Å². The number of furan rings is 1. The lowest BCUT2D eigenvalue weighted by molar-refractivity contribution is 0.224. The summed E-state index contributed by atoms with van der Waals surface area (Å²) in [5.74, 6) is 1.31. The van der Waals surface area contributed by atoms with E-state index in [4.69, 9.17) is 8.83 Å². The van der Waals surface area contributed by atoms with Gasteiger partial charge in [0.1, 0.15) is 5.82 Å². The number of hydrogen-bond acceptors (Lipinski definition) is 5. The van der Waals surface area contributed by atoms with Crippen LogP contribution in [0.1, 0.15) is 30.3 Å². The third-order valence-electron chi connectivity index (χ3n) is 4.16. The van der Waals surface area contributed by atoms with Crippen LogP contribution >= 0.6 is 0 Å². The molecule has 0 spiro atoms. The van der Waals surface area contributed by atoms with Crippen molar-refractivity contribution >= 4 is 0 Å². The number of halogens is 1. The Hall–Kier alpha value is -2.47. The summed E-state index contributed by atoms with van der Waals surface area (Å²) in [6.45, 7) is 1.54. The number of rotatable bonds is 4. The van der Waals surface area contributed by atoms with Crippen LogP contribution in [0, 0.1) is 5.82 Å². The van der Waals surface area contributed by atoms with Crippen molar-refractivity contribution in [3.63, 3.8) is 0 Å². The summed E-state index contributed by atoms with van der Waals surface area (Å²) >= 11 is 0. The first kappa shape index (κ1) is 14.1. The Bertz CT molecular complexity index is 768. The van der Waals surface area contributed by atoms with E-state index in [0.29, 0.717) is 24.1 Å². The van der Waals surface area contributed by atoms with Gasteiger partial charge in [0.05, 0.1) is 12.8 Å². The van der Waals surface area contributed by atoms with Gasteiger partial charge in [0.25, 0.3) is 5.89 Å². The van der Waals surface area contributed by atoms with Gasteiger partial charge in [0, 0.05) is 6.04 Å². The lowest BCUT2D eigenvalue weighted by atomic mass is 10.0. The normalized spacial score (nSPS) is 18.6. The highest BCUT2D eigenvalue weighted by atomic mass is 19.1. The van der Waals surface area contributed by atoms with Crippen molar-refractivity contribution in [3.05, 3.63) is 59.9 Å². The van der Waals surface area contributed by atoms with Gasteiger partial charge in [-0.05, 0) is 49.2 Å². The Balaban J connectivity index is 1.50. The van der Waals surface area contributed by atoms with E-state index in [1.54, 1.807) is 18.4 Å². The summed E-state index contributed by atoms with van der Waals surface area (Å²) < 4.78 is 24.0. The lowest BCUT2D eigenvalue weighted by Crippen LogP contribution is -2.22. The topological polar surface area (TPSA) is 55.3 Å². The second-order valence-electron chi connectivity index (χ2n) is 5.66. The van der Waals surface area contributed by atoms with Crippen molar-refractivity contribution < 1.29 is 13.2 Å². The lowest BCUT2D eigenvalue weighted by Gasteiger charge is -2.23. The molecular weight excluding hydrogens is 297 g/mol. The molecule has 23 heavy (non-hydrogen) atoms. The van der Waals surface area contributed by atoms with Gasteiger partial charge in [-0.2, -0.15) is 0 Å². The maximum atomic E-state index is 13.1. The van der Waals surface area contributed by atoms with Crippen LogP contribution in [0.25, 0.3) is 11.7 Å². The molecule has 5 nitrogen and oxygen atoms in total. The maximum absolute atomic E-state index is 13.1. The van der Waals surface area contributed by atoms with Gasteiger partial charge in [0.15, 0.2) is 5.76 Å². The average molecular weight is 313 g/mol. The molecule has 0 aliphatic carbocycles. The smallest absolute Gasteiger partial charge is 0.283 e. The molecule has 3 heterocycles.